The predicted octanol–water partition coefficient (Wildman–Crippen LogP) is 4.84. The summed E-state index contributed by atoms with van der Waals surface area (Å²) in [4.78, 5) is 43.3. The van der Waals surface area contributed by atoms with Crippen LogP contribution in [-0.4, -0.2) is 45.3 Å². The number of amides is 2. The van der Waals surface area contributed by atoms with Gasteiger partial charge in [0.2, 0.25) is 12.0 Å². The lowest BCUT2D eigenvalue weighted by atomic mass is 9.99. The minimum Gasteiger partial charge on any atom is -0.493 e. The average molecular weight is 595 g/mol. The van der Waals surface area contributed by atoms with Gasteiger partial charge in [-0.25, -0.2) is 24.3 Å². The molecule has 0 aliphatic carbocycles. The summed E-state index contributed by atoms with van der Waals surface area (Å²) in [6, 6.07) is 12.6. The van der Waals surface area contributed by atoms with E-state index >= 15 is 0 Å². The number of aromatic nitrogens is 3. The molecule has 1 atom stereocenters. The normalized spacial score (nSPS) is 14.3. The van der Waals surface area contributed by atoms with Crippen molar-refractivity contribution in [2.24, 2.45) is 4.99 Å². The second-order valence-electron chi connectivity index (χ2n) is 8.54. The molecule has 5 rings (SSSR count). The van der Waals surface area contributed by atoms with Gasteiger partial charge in [0.1, 0.15) is 23.7 Å². The molecule has 0 bridgehead atoms. The Morgan fingerprint density at radius 1 is 1.07 bits per heavy atom. The molecular weight excluding hydrogens is 574 g/mol. The van der Waals surface area contributed by atoms with Crippen molar-refractivity contribution in [1.29, 1.82) is 0 Å². The number of hydrogen-bond donors (Lipinski definition) is 2. The molecule has 0 radical (unpaired) electrons. The highest BCUT2D eigenvalue weighted by molar-refractivity contribution is 6.39. The Morgan fingerprint density at radius 3 is 2.63 bits per heavy atom. The zero-order chi connectivity index (χ0) is 28.9. The Kier molecular flexibility index (Phi) is 8.37. The average Bonchev–Trinajstić information content (AvgIpc) is 3.08. The van der Waals surface area contributed by atoms with Crippen LogP contribution in [0.1, 0.15) is 34.2 Å². The van der Waals surface area contributed by atoms with Crippen molar-refractivity contribution in [3.63, 3.8) is 0 Å². The number of aliphatic imine (C=N–C) groups is 1. The number of nitrogens with one attached hydrogen (secondary N) is 2. The largest absolute Gasteiger partial charge is 0.493 e. The van der Waals surface area contributed by atoms with Crippen LogP contribution in [-0.2, 0) is 11.4 Å². The van der Waals surface area contributed by atoms with Crippen molar-refractivity contribution in [2.75, 3.05) is 11.9 Å². The van der Waals surface area contributed by atoms with Gasteiger partial charge in [0.05, 0.1) is 34.8 Å². The maximum Gasteiger partial charge on any atom is 0.269 e. The third-order valence-corrected chi connectivity index (χ3v) is 6.31. The quantitative estimate of drug-likeness (QED) is 0.299. The first kappa shape index (κ1) is 27.9. The molecule has 3 heterocycles. The Hall–Kier alpha value is -4.61. The van der Waals surface area contributed by atoms with Gasteiger partial charge in [-0.1, -0.05) is 41.4 Å². The third kappa shape index (κ3) is 6.26. The summed E-state index contributed by atoms with van der Waals surface area (Å²) < 4.78 is 25.6. The second-order valence-corrected chi connectivity index (χ2v) is 9.39. The molecular formula is C28H21Cl2FN6O4. The topological polar surface area (TPSA) is 128 Å². The van der Waals surface area contributed by atoms with Crippen LogP contribution in [0.25, 0.3) is 0 Å². The molecule has 2 aromatic heterocycles. The summed E-state index contributed by atoms with van der Waals surface area (Å²) in [6.07, 6.45) is 2.50. The van der Waals surface area contributed by atoms with E-state index in [9.17, 15) is 14.0 Å². The zero-order valence-electron chi connectivity index (χ0n) is 21.4. The highest BCUT2D eigenvalue weighted by atomic mass is 35.5. The lowest BCUT2D eigenvalue weighted by Gasteiger charge is -2.17. The van der Waals surface area contributed by atoms with Gasteiger partial charge < -0.3 is 20.1 Å². The van der Waals surface area contributed by atoms with Gasteiger partial charge in [-0.3, -0.25) is 9.59 Å². The predicted molar refractivity (Wildman–Crippen MR) is 150 cm³/mol. The first-order chi connectivity index (χ1) is 19.8. The molecule has 10 nitrogen and oxygen atoms in total. The Morgan fingerprint density at radius 2 is 1.85 bits per heavy atom. The number of anilines is 1. The standard InChI is InChI=1S/C28H21Cl2FN6O4/c1-2-40-21-11-15(29)10-19(30)23(21)24-17-6-3-4-7-20(17)35-27(39)25(36-24)37-26(38)18-12-16(31)13-34-28(18)41-14-22-32-8-5-9-33-22/h3-13,25H,2,14H2,1H3,(H,35,39)(H,37,38)/t25-/m1/s1. The van der Waals surface area contributed by atoms with Gasteiger partial charge in [0.15, 0.2) is 5.82 Å². The van der Waals surface area contributed by atoms with Crippen LogP contribution < -0.4 is 20.1 Å². The van der Waals surface area contributed by atoms with Crippen LogP contribution >= 0.6 is 23.2 Å². The number of benzene rings is 2. The van der Waals surface area contributed by atoms with Gasteiger partial charge in [0.25, 0.3) is 11.8 Å². The highest BCUT2D eigenvalue weighted by Gasteiger charge is 2.31. The van der Waals surface area contributed by atoms with Crippen molar-refractivity contribution >= 4 is 46.4 Å². The molecule has 2 aromatic carbocycles. The number of benzodiazepines with no additional fused rings is 1. The van der Waals surface area contributed by atoms with Crippen LogP contribution in [0.4, 0.5) is 10.1 Å². The van der Waals surface area contributed by atoms with Crippen molar-refractivity contribution in [3.8, 4) is 11.6 Å². The van der Waals surface area contributed by atoms with Gasteiger partial charge in [0, 0.05) is 23.0 Å². The van der Waals surface area contributed by atoms with E-state index in [4.69, 9.17) is 32.7 Å². The fraction of sp³-hybridized carbons (Fsp3) is 0.143. The number of hydrogen-bond acceptors (Lipinski definition) is 8. The Labute approximate surface area is 243 Å². The SMILES string of the molecule is CCOc1cc(Cl)cc(Cl)c1C1=N[C@H](NC(=O)c2cc(F)cnc2OCc2ncccn2)C(=O)Nc2ccccc21. The Bertz CT molecular complexity index is 1650. The number of ether oxygens (including phenoxy) is 2. The number of para-hydroxylation sites is 1. The molecule has 1 aliphatic heterocycles. The molecule has 0 saturated carbocycles. The highest BCUT2D eigenvalue weighted by Crippen LogP contribution is 2.36. The maximum atomic E-state index is 14.2. The maximum absolute atomic E-state index is 14.2. The third-order valence-electron chi connectivity index (χ3n) is 5.79. The lowest BCUT2D eigenvalue weighted by Crippen LogP contribution is -2.42. The van der Waals surface area contributed by atoms with Crippen LogP contribution in [0, 0.1) is 5.82 Å². The van der Waals surface area contributed by atoms with E-state index in [1.54, 1.807) is 43.3 Å². The smallest absolute Gasteiger partial charge is 0.269 e. The first-order valence-electron chi connectivity index (χ1n) is 12.3. The lowest BCUT2D eigenvalue weighted by molar-refractivity contribution is -0.117. The molecule has 4 aromatic rings. The number of halogens is 3. The van der Waals surface area contributed by atoms with Gasteiger partial charge in [-0.05, 0) is 37.3 Å². The number of pyridine rings is 1. The van der Waals surface area contributed by atoms with Gasteiger partial charge in [-0.15, -0.1) is 0 Å². The molecule has 2 amide bonds. The van der Waals surface area contributed by atoms with Crippen molar-refractivity contribution in [3.05, 3.63) is 105 Å². The summed E-state index contributed by atoms with van der Waals surface area (Å²) in [5.41, 5.74) is 1.35. The van der Waals surface area contributed by atoms with E-state index in [1.807, 2.05) is 0 Å². The van der Waals surface area contributed by atoms with E-state index in [1.165, 1.54) is 18.5 Å². The van der Waals surface area contributed by atoms with Crippen molar-refractivity contribution in [1.82, 2.24) is 20.3 Å². The van der Waals surface area contributed by atoms with Crippen LogP contribution in [0.3, 0.4) is 0 Å². The molecule has 1 aliphatic rings. The van der Waals surface area contributed by atoms with E-state index in [-0.39, 0.29) is 28.8 Å². The number of carbonyl (C=O) groups is 2. The molecule has 41 heavy (non-hydrogen) atoms. The zero-order valence-corrected chi connectivity index (χ0v) is 22.9. The number of fused-ring (bicyclic) bond motifs is 1. The van der Waals surface area contributed by atoms with Crippen molar-refractivity contribution in [2.45, 2.75) is 19.7 Å². The molecule has 13 heteroatoms. The van der Waals surface area contributed by atoms with E-state index in [0.717, 1.165) is 12.3 Å². The minimum absolute atomic E-state index is 0.128. The minimum atomic E-state index is -1.46. The molecule has 2 N–H and O–H groups in total. The molecule has 0 fully saturated rings. The van der Waals surface area contributed by atoms with Crippen LogP contribution in [0.5, 0.6) is 11.6 Å². The summed E-state index contributed by atoms with van der Waals surface area (Å²) >= 11 is 12.8. The molecule has 0 unspecified atom stereocenters. The molecule has 0 saturated heterocycles. The monoisotopic (exact) mass is 594 g/mol. The number of carbonyl (C=O) groups excluding carboxylic acids is 2. The molecule has 208 valence electrons. The summed E-state index contributed by atoms with van der Waals surface area (Å²) in [6.45, 7) is 1.97. The van der Waals surface area contributed by atoms with Crippen molar-refractivity contribution < 1.29 is 23.5 Å². The summed E-state index contributed by atoms with van der Waals surface area (Å²) in [5, 5.41) is 5.88. The fourth-order valence-corrected chi connectivity index (χ4v) is 4.61. The summed E-state index contributed by atoms with van der Waals surface area (Å²) in [5.74, 6) is -1.81. The Balaban J connectivity index is 1.53. The number of rotatable bonds is 8. The number of nitrogens with zero attached hydrogens (tertiary/aromatic N) is 4. The van der Waals surface area contributed by atoms with E-state index in [0.29, 0.717) is 40.0 Å². The van der Waals surface area contributed by atoms with Crippen LogP contribution in [0.15, 0.2) is 72.1 Å². The van der Waals surface area contributed by atoms with Gasteiger partial charge in [-0.2, -0.15) is 0 Å². The van der Waals surface area contributed by atoms with Crippen LogP contribution in [0.2, 0.25) is 10.0 Å². The summed E-state index contributed by atoms with van der Waals surface area (Å²) in [7, 11) is 0. The van der Waals surface area contributed by atoms with E-state index in [2.05, 4.69) is 30.6 Å². The fourth-order valence-electron chi connectivity index (χ4n) is 4.05. The molecule has 0 spiro atoms. The first-order valence-corrected chi connectivity index (χ1v) is 13.0. The van der Waals surface area contributed by atoms with Gasteiger partial charge >= 0.3 is 0 Å². The second kappa shape index (κ2) is 12.3. The van der Waals surface area contributed by atoms with E-state index < -0.39 is 23.8 Å².